The molecule has 0 atom stereocenters. The summed E-state index contributed by atoms with van der Waals surface area (Å²) in [5.41, 5.74) is 9.10. The molecule has 0 radical (unpaired) electrons. The Labute approximate surface area is 814 Å². The monoisotopic (exact) mass is 2050 g/mol. The number of nitrogens with zero attached hydrogens (tertiary/aromatic N) is 8. The Morgan fingerprint density at radius 2 is 0.698 bits per heavy atom. The van der Waals surface area contributed by atoms with Crippen LogP contribution in [0.1, 0.15) is 86.9 Å². The molecule has 5 aromatic heterocycles. The van der Waals surface area contributed by atoms with E-state index in [-0.39, 0.29) is 137 Å². The molecule has 0 unspecified atom stereocenters. The Morgan fingerprint density at radius 1 is 0.326 bits per heavy atom. The molecule has 0 fully saturated rings. The molecule has 2 aliphatic heterocycles. The van der Waals surface area contributed by atoms with E-state index in [1.54, 1.807) is 94.9 Å². The summed E-state index contributed by atoms with van der Waals surface area (Å²) in [5.74, 6) is 2.15. The average molecular weight is 2050 g/mol. The van der Waals surface area contributed by atoms with Crippen molar-refractivity contribution in [2.75, 3.05) is 19.6 Å². The van der Waals surface area contributed by atoms with Crippen LogP contribution in [0, 0.1) is 37.6 Å². The van der Waals surface area contributed by atoms with E-state index in [4.69, 9.17) is 58.1 Å². The standard InChI is InChI=1S/C58H41N4O2.C58H43N4O.2Pt/c1-58(2,3)40-31-32-59-55(33-40)62-49-25-12-10-21-45(49)46-30-29-42(36-52(46)62)63-54-35-41(34-48-47-22-11-15-28-53(47)64-57(48)54)60-37-61(51-27-14-13-26-50(51)60)56-43(38-17-6-4-7-18-38)23-16-24-44(56)39-19-8-5-9-20-39;1-58(2,3)43-34-35-59-56(36-43)62-51-27-14-13-24-49(51)50-33-31-45(38-54(50)62)63-55-37-44(30-32-46(55)40-18-7-4-8-19-40)60-39-61(53-29-16-15-28-52(53)60)57-47(41-20-9-5-10-21-41)25-17-26-48(57)42-22-11-6-12-23-42;;/h4-34,37H,1-3H3;4-36,39H,1-3H3;;/q2*-3;;/i4D,5D,6D,7D,8D,9D,17D,18D,19D,20D;4D,5D,6D,7D,8D,9D,10D,11D,12D,18D,19D,20D,21D,22D,23D;;. The molecule has 0 saturated heterocycles. The molecule has 129 heavy (non-hydrogen) atoms. The molecule has 0 bridgehead atoms. The van der Waals surface area contributed by atoms with Crippen molar-refractivity contribution in [3.63, 3.8) is 0 Å². The van der Waals surface area contributed by atoms with Crippen molar-refractivity contribution >= 4 is 111 Å². The van der Waals surface area contributed by atoms with Crippen molar-refractivity contribution in [3.8, 4) is 90.3 Å². The van der Waals surface area contributed by atoms with Gasteiger partial charge in [0.25, 0.3) is 0 Å². The number of hydrogen-bond acceptors (Lipinski definition) is 9. The summed E-state index contributed by atoms with van der Waals surface area (Å²) in [6.45, 7) is 16.2. The molecule has 632 valence electrons. The number of furan rings is 1. The van der Waals surface area contributed by atoms with Crippen molar-refractivity contribution < 1.29 is 90.3 Å². The summed E-state index contributed by atoms with van der Waals surface area (Å²) >= 11 is 0. The molecule has 23 rings (SSSR count). The molecule has 0 N–H and O–H groups in total. The summed E-state index contributed by atoms with van der Waals surface area (Å²) in [6, 6.07) is 68.5. The Bertz CT molecular complexity index is 9140. The van der Waals surface area contributed by atoms with Crippen molar-refractivity contribution in [2.24, 2.45) is 0 Å². The number of aromatic nitrogens is 4. The van der Waals surface area contributed by atoms with E-state index in [0.29, 0.717) is 67.8 Å². The zero-order valence-electron chi connectivity index (χ0n) is 94.6. The molecule has 0 aliphatic carbocycles. The number of para-hydroxylation sites is 9. The second kappa shape index (κ2) is 34.3. The van der Waals surface area contributed by atoms with Gasteiger partial charge in [0.1, 0.15) is 17.2 Å². The Balaban J connectivity index is 0.000000183. The number of pyridine rings is 2. The zero-order valence-corrected chi connectivity index (χ0v) is 74.2. The summed E-state index contributed by atoms with van der Waals surface area (Å²) in [6.07, 6.45) is 3.60. The Hall–Kier alpha value is -14.6. The third-order valence-electron chi connectivity index (χ3n) is 22.7. The van der Waals surface area contributed by atoms with Crippen LogP contribution in [-0.2, 0) is 53.0 Å². The second-order valence-corrected chi connectivity index (χ2v) is 32.4. The van der Waals surface area contributed by atoms with Crippen LogP contribution in [0.4, 0.5) is 45.5 Å². The second-order valence-electron chi connectivity index (χ2n) is 32.4. The molecule has 7 heterocycles. The van der Waals surface area contributed by atoms with Gasteiger partial charge in [0.2, 0.25) is 0 Å². The minimum absolute atomic E-state index is 0. The first kappa shape index (κ1) is 58.6. The topological polar surface area (TPSA) is 80.2 Å². The summed E-state index contributed by atoms with van der Waals surface area (Å²) in [7, 11) is 0. The fourth-order valence-corrected chi connectivity index (χ4v) is 16.7. The predicted molar refractivity (Wildman–Crippen MR) is 520 cm³/mol. The molecule has 16 aromatic carbocycles. The molecule has 13 heteroatoms. The predicted octanol–water partition coefficient (Wildman–Crippen LogP) is 30.8. The van der Waals surface area contributed by atoms with Gasteiger partial charge in [0, 0.05) is 145 Å². The minimum Gasteiger partial charge on any atom is -0.512 e. The average Bonchev–Trinajstić information content (AvgIpc) is 1.45. The number of fused-ring (bicyclic) bond motifs is 11. The van der Waals surface area contributed by atoms with Crippen molar-refractivity contribution in [3.05, 3.63) is 437 Å². The van der Waals surface area contributed by atoms with Crippen molar-refractivity contribution in [2.45, 2.75) is 52.4 Å². The molecule has 11 nitrogen and oxygen atoms in total. The first-order valence-corrected chi connectivity index (χ1v) is 40.9. The number of hydrogen-bond donors (Lipinski definition) is 0. The third-order valence-corrected chi connectivity index (χ3v) is 22.7. The van der Waals surface area contributed by atoms with Crippen LogP contribution in [-0.4, -0.2) is 19.1 Å². The normalized spacial score (nSPS) is 15.2. The molecule has 2 aliphatic rings. The van der Waals surface area contributed by atoms with E-state index >= 15 is 0 Å². The Morgan fingerprint density at radius 3 is 1.13 bits per heavy atom. The fourth-order valence-electron chi connectivity index (χ4n) is 16.7. The van der Waals surface area contributed by atoms with Crippen LogP contribution in [0.2, 0.25) is 0 Å². The first-order chi connectivity index (χ1) is 72.6. The van der Waals surface area contributed by atoms with E-state index in [9.17, 15) is 0 Å². The summed E-state index contributed by atoms with van der Waals surface area (Å²) in [4.78, 5) is 16.6. The van der Waals surface area contributed by atoms with Gasteiger partial charge in [0.15, 0.2) is 0 Å². The van der Waals surface area contributed by atoms with Crippen LogP contribution in [0.3, 0.4) is 0 Å². The smallest absolute Gasteiger partial charge is 0.135 e. The molecule has 0 amide bonds. The maximum absolute atomic E-state index is 9.11. The van der Waals surface area contributed by atoms with Gasteiger partial charge in [-0.3, -0.25) is 0 Å². The van der Waals surface area contributed by atoms with E-state index in [0.717, 1.165) is 60.4 Å². The largest absolute Gasteiger partial charge is 0.512 e. The van der Waals surface area contributed by atoms with Crippen LogP contribution in [0.5, 0.6) is 23.0 Å². The first-order valence-electron chi connectivity index (χ1n) is 53.4. The van der Waals surface area contributed by atoms with Crippen LogP contribution in [0.15, 0.2) is 392 Å². The van der Waals surface area contributed by atoms with Crippen molar-refractivity contribution in [1.82, 2.24) is 19.1 Å². The van der Waals surface area contributed by atoms with E-state index < -0.39 is 151 Å². The van der Waals surface area contributed by atoms with Crippen LogP contribution in [0.25, 0.3) is 133 Å². The Kier molecular flexibility index (Phi) is 15.6. The van der Waals surface area contributed by atoms with Gasteiger partial charge in [-0.05, 0) is 122 Å². The van der Waals surface area contributed by atoms with Gasteiger partial charge < -0.3 is 42.6 Å². The zero-order chi connectivity index (χ0) is 107. The van der Waals surface area contributed by atoms with Crippen LogP contribution >= 0.6 is 0 Å². The van der Waals surface area contributed by atoms with Gasteiger partial charge in [-0.1, -0.05) is 341 Å². The number of rotatable bonds is 15. The maximum Gasteiger partial charge on any atom is 0.135 e. The van der Waals surface area contributed by atoms with E-state index in [2.05, 4.69) is 88.6 Å². The molecular formula is C116H84N8O3Pt2-6. The maximum atomic E-state index is 9.11. The molecule has 0 spiro atoms. The van der Waals surface area contributed by atoms with Gasteiger partial charge in [0.05, 0.1) is 45.6 Å². The van der Waals surface area contributed by atoms with E-state index in [1.165, 1.54) is 18.2 Å². The summed E-state index contributed by atoms with van der Waals surface area (Å²) in [5, 5.41) is 5.29. The molecule has 0 saturated carbocycles. The molecule has 21 aromatic rings. The van der Waals surface area contributed by atoms with Gasteiger partial charge in [-0.15, -0.1) is 78.3 Å². The number of ether oxygens (including phenoxy) is 2. The van der Waals surface area contributed by atoms with Crippen LogP contribution < -0.4 is 29.1 Å². The van der Waals surface area contributed by atoms with Gasteiger partial charge >= 0.3 is 0 Å². The van der Waals surface area contributed by atoms with Crippen molar-refractivity contribution in [1.29, 1.82) is 0 Å². The third kappa shape index (κ3) is 15.3. The SMILES string of the molecule is [2H]c1c([2H])c([2H])c(-c2ccc(N3[CH-]N(c4c(-c5c([2H])c([2H])c([2H])c([2H])c5[2H])cccc4-c4c([2H])c([2H])c([2H])c([2H])c4[2H])c4ccccc43)[c-]c2Oc2[c-]c3c(cc2)c2ccccc2n3-c2cc(C(C)(C)C)ccn2)c([2H])c1[2H].[2H]c1c([2H])c([2H])c(-c2cccc(-c3c([2H])c([2H])c([2H])c([2H])c3[2H])c2N2[CH-]N(c3[c-]c(Oc4[c-]c5c(cc4)c4ccccc4n5-c4cc(C(C)(C)C)ccn4)c4oc5ccccc5c4c3)c3ccccc32)c([2H])c1[2H].[Pt].[Pt]. The number of anilines is 8. The van der Waals surface area contributed by atoms with Gasteiger partial charge in [-0.2, -0.15) is 18.2 Å². The minimum atomic E-state index is -0.621. The fraction of sp³-hybridized carbons (Fsp3) is 0.0690. The quantitative estimate of drug-likeness (QED) is 0.0933. The molecular weight excluding hydrogens is 1940 g/mol. The number of benzene rings is 16. The van der Waals surface area contributed by atoms with Gasteiger partial charge in [-0.25, -0.2) is 9.97 Å². The van der Waals surface area contributed by atoms with E-state index in [1.807, 2.05) is 143 Å². The summed E-state index contributed by atoms with van der Waals surface area (Å²) < 4.78 is 244.